The van der Waals surface area contributed by atoms with Crippen LogP contribution in [0.5, 0.6) is 0 Å². The first kappa shape index (κ1) is 22.1. The number of nitrogens with zero attached hydrogens (tertiary/aromatic N) is 2. The molecule has 164 valence electrons. The van der Waals surface area contributed by atoms with E-state index in [0.29, 0.717) is 26.2 Å². The van der Waals surface area contributed by atoms with Gasteiger partial charge in [-0.2, -0.15) is 0 Å². The summed E-state index contributed by atoms with van der Waals surface area (Å²) in [6.45, 7) is 2.47. The number of benzene rings is 3. The minimum atomic E-state index is 0.0356. The van der Waals surface area contributed by atoms with Gasteiger partial charge in [-0.3, -0.25) is 4.79 Å². The fraction of sp³-hybridized carbons (Fsp3) is 0.222. The van der Waals surface area contributed by atoms with Crippen LogP contribution in [-0.2, 0) is 17.8 Å². The van der Waals surface area contributed by atoms with E-state index in [4.69, 9.17) is 16.3 Å². The number of halogens is 1. The average Bonchev–Trinajstić information content (AvgIpc) is 3.24. The van der Waals surface area contributed by atoms with Gasteiger partial charge in [0.1, 0.15) is 0 Å². The van der Waals surface area contributed by atoms with Crippen molar-refractivity contribution < 1.29 is 9.53 Å². The number of carbonyl (C=O) groups excluding carboxylic acids is 1. The van der Waals surface area contributed by atoms with Crippen molar-refractivity contribution in [3.05, 3.63) is 107 Å². The first-order chi connectivity index (χ1) is 15.7. The van der Waals surface area contributed by atoms with E-state index in [0.717, 1.165) is 39.0 Å². The molecule has 0 spiro atoms. The average molecular weight is 447 g/mol. The standard InChI is InChI=1S/C27H27ClN2O2/c1-32-17-7-16-30(27(31)26-14-5-10-22-9-2-3-13-25(22)26)20-24-12-6-15-29(24)19-21-8-4-11-23(28)18-21/h2-6,8-15,18H,7,16-17,19-20H2,1H3. The van der Waals surface area contributed by atoms with Crippen molar-refractivity contribution in [3.63, 3.8) is 0 Å². The number of hydrogen-bond acceptors (Lipinski definition) is 2. The van der Waals surface area contributed by atoms with E-state index >= 15 is 0 Å². The quantitative estimate of drug-likeness (QED) is 0.294. The highest BCUT2D eigenvalue weighted by Gasteiger charge is 2.19. The van der Waals surface area contributed by atoms with Crippen LogP contribution in [0.15, 0.2) is 85.1 Å². The molecule has 0 bridgehead atoms. The fourth-order valence-electron chi connectivity index (χ4n) is 4.01. The van der Waals surface area contributed by atoms with Crippen LogP contribution in [0.25, 0.3) is 10.8 Å². The molecule has 4 rings (SSSR count). The van der Waals surface area contributed by atoms with Gasteiger partial charge in [0.2, 0.25) is 0 Å². The van der Waals surface area contributed by atoms with E-state index in [1.54, 1.807) is 7.11 Å². The van der Waals surface area contributed by atoms with Gasteiger partial charge in [0.05, 0.1) is 6.54 Å². The maximum Gasteiger partial charge on any atom is 0.254 e. The highest BCUT2D eigenvalue weighted by molar-refractivity contribution is 6.30. The van der Waals surface area contributed by atoms with E-state index in [-0.39, 0.29) is 5.91 Å². The van der Waals surface area contributed by atoms with Crippen molar-refractivity contribution in [1.29, 1.82) is 0 Å². The maximum atomic E-state index is 13.7. The molecular weight excluding hydrogens is 420 g/mol. The van der Waals surface area contributed by atoms with Gasteiger partial charge in [-0.15, -0.1) is 0 Å². The summed E-state index contributed by atoms with van der Waals surface area (Å²) in [5.41, 5.74) is 2.94. The summed E-state index contributed by atoms with van der Waals surface area (Å²) >= 11 is 6.16. The molecule has 1 aromatic heterocycles. The van der Waals surface area contributed by atoms with Crippen molar-refractivity contribution in [3.8, 4) is 0 Å². The molecule has 3 aromatic carbocycles. The summed E-state index contributed by atoms with van der Waals surface area (Å²) in [6, 6.07) is 25.9. The fourth-order valence-corrected chi connectivity index (χ4v) is 4.22. The molecule has 1 amide bonds. The third-order valence-electron chi connectivity index (χ3n) is 5.60. The molecule has 4 aromatic rings. The number of fused-ring (bicyclic) bond motifs is 1. The van der Waals surface area contributed by atoms with E-state index in [2.05, 4.69) is 16.7 Å². The van der Waals surface area contributed by atoms with Gasteiger partial charge in [0, 0.05) is 49.3 Å². The number of ether oxygens (including phenoxy) is 1. The molecule has 0 radical (unpaired) electrons. The Bertz CT molecular complexity index is 1200. The minimum Gasteiger partial charge on any atom is -0.385 e. The molecule has 5 heteroatoms. The van der Waals surface area contributed by atoms with Crippen molar-refractivity contribution in [2.24, 2.45) is 0 Å². The number of rotatable bonds is 9. The highest BCUT2D eigenvalue weighted by atomic mass is 35.5. The predicted octanol–water partition coefficient (Wildman–Crippen LogP) is 6.02. The summed E-state index contributed by atoms with van der Waals surface area (Å²) in [4.78, 5) is 15.6. The predicted molar refractivity (Wildman–Crippen MR) is 130 cm³/mol. The zero-order valence-electron chi connectivity index (χ0n) is 18.2. The molecule has 0 fully saturated rings. The number of carbonyl (C=O) groups is 1. The Morgan fingerprint density at radius 2 is 1.81 bits per heavy atom. The van der Waals surface area contributed by atoms with Crippen molar-refractivity contribution in [1.82, 2.24) is 9.47 Å². The van der Waals surface area contributed by atoms with Crippen LogP contribution >= 0.6 is 11.6 Å². The Kier molecular flexibility index (Phi) is 7.25. The monoisotopic (exact) mass is 446 g/mol. The molecule has 0 N–H and O–H groups in total. The number of aromatic nitrogens is 1. The van der Waals surface area contributed by atoms with Gasteiger partial charge in [-0.25, -0.2) is 0 Å². The summed E-state index contributed by atoms with van der Waals surface area (Å²) in [7, 11) is 1.69. The minimum absolute atomic E-state index is 0.0356. The Balaban J connectivity index is 1.60. The number of hydrogen-bond donors (Lipinski definition) is 0. The van der Waals surface area contributed by atoms with Gasteiger partial charge in [-0.1, -0.05) is 60.1 Å². The van der Waals surface area contributed by atoms with Crippen LogP contribution in [0.4, 0.5) is 0 Å². The van der Waals surface area contributed by atoms with Crippen molar-refractivity contribution in [2.45, 2.75) is 19.5 Å². The van der Waals surface area contributed by atoms with Crippen LogP contribution in [0.2, 0.25) is 5.02 Å². The van der Waals surface area contributed by atoms with Gasteiger partial charge in [-0.05, 0) is 53.1 Å². The van der Waals surface area contributed by atoms with Crippen LogP contribution in [-0.4, -0.2) is 35.6 Å². The number of methoxy groups -OCH3 is 1. The molecule has 0 unspecified atom stereocenters. The van der Waals surface area contributed by atoms with E-state index in [1.165, 1.54) is 0 Å². The molecule has 0 aliphatic carbocycles. The largest absolute Gasteiger partial charge is 0.385 e. The second-order valence-electron chi connectivity index (χ2n) is 7.86. The molecule has 1 heterocycles. The molecule has 4 nitrogen and oxygen atoms in total. The van der Waals surface area contributed by atoms with E-state index < -0.39 is 0 Å². The third kappa shape index (κ3) is 5.21. The molecule has 0 saturated heterocycles. The van der Waals surface area contributed by atoms with Gasteiger partial charge < -0.3 is 14.2 Å². The second kappa shape index (κ2) is 10.5. The third-order valence-corrected chi connectivity index (χ3v) is 5.84. The van der Waals surface area contributed by atoms with Crippen LogP contribution in [0, 0.1) is 0 Å². The van der Waals surface area contributed by atoms with Crippen LogP contribution < -0.4 is 0 Å². The van der Waals surface area contributed by atoms with Crippen LogP contribution in [0.1, 0.15) is 28.0 Å². The molecule has 0 aliphatic heterocycles. The second-order valence-corrected chi connectivity index (χ2v) is 8.29. The van der Waals surface area contributed by atoms with Crippen LogP contribution in [0.3, 0.4) is 0 Å². The van der Waals surface area contributed by atoms with Gasteiger partial charge in [0.15, 0.2) is 0 Å². The lowest BCUT2D eigenvalue weighted by Crippen LogP contribution is -2.33. The first-order valence-corrected chi connectivity index (χ1v) is 11.2. The van der Waals surface area contributed by atoms with Gasteiger partial charge >= 0.3 is 0 Å². The Hall–Kier alpha value is -3.08. The summed E-state index contributed by atoms with van der Waals surface area (Å²) in [6.07, 6.45) is 2.83. The molecular formula is C27H27ClN2O2. The zero-order chi connectivity index (χ0) is 22.3. The zero-order valence-corrected chi connectivity index (χ0v) is 19.0. The normalized spacial score (nSPS) is 11.1. The molecule has 0 saturated carbocycles. The summed E-state index contributed by atoms with van der Waals surface area (Å²) in [5.74, 6) is 0.0356. The van der Waals surface area contributed by atoms with E-state index in [9.17, 15) is 4.79 Å². The Morgan fingerprint density at radius 3 is 2.66 bits per heavy atom. The Labute approximate surface area is 194 Å². The highest BCUT2D eigenvalue weighted by Crippen LogP contribution is 2.22. The Morgan fingerprint density at radius 1 is 1.00 bits per heavy atom. The summed E-state index contributed by atoms with van der Waals surface area (Å²) in [5, 5.41) is 2.77. The lowest BCUT2D eigenvalue weighted by molar-refractivity contribution is 0.0722. The van der Waals surface area contributed by atoms with Crippen molar-refractivity contribution in [2.75, 3.05) is 20.3 Å². The topological polar surface area (TPSA) is 34.5 Å². The first-order valence-electron chi connectivity index (χ1n) is 10.8. The van der Waals surface area contributed by atoms with E-state index in [1.807, 2.05) is 77.8 Å². The molecule has 0 atom stereocenters. The smallest absolute Gasteiger partial charge is 0.254 e. The van der Waals surface area contributed by atoms with Crippen molar-refractivity contribution >= 4 is 28.3 Å². The summed E-state index contributed by atoms with van der Waals surface area (Å²) < 4.78 is 7.41. The number of amides is 1. The lowest BCUT2D eigenvalue weighted by atomic mass is 10.0. The molecule has 0 aliphatic rings. The lowest BCUT2D eigenvalue weighted by Gasteiger charge is -2.24. The molecule has 32 heavy (non-hydrogen) atoms. The maximum absolute atomic E-state index is 13.7. The SMILES string of the molecule is COCCCN(Cc1cccn1Cc1cccc(Cl)c1)C(=O)c1cccc2ccccc12. The van der Waals surface area contributed by atoms with Gasteiger partial charge in [0.25, 0.3) is 5.91 Å².